The molecule has 0 bridgehead atoms. The largest absolute Gasteiger partial charge is 0.465 e. The molecule has 2 rings (SSSR count). The Balaban J connectivity index is 1.97. The van der Waals surface area contributed by atoms with Gasteiger partial charge in [0, 0.05) is 19.1 Å². The summed E-state index contributed by atoms with van der Waals surface area (Å²) in [5, 5.41) is 3.25. The van der Waals surface area contributed by atoms with Crippen LogP contribution in [0.3, 0.4) is 0 Å². The number of hydrogen-bond donors (Lipinski definition) is 1. The van der Waals surface area contributed by atoms with Crippen LogP contribution in [-0.4, -0.2) is 44.2 Å². The lowest BCUT2D eigenvalue weighted by atomic mass is 10.1. The predicted molar refractivity (Wildman–Crippen MR) is 75.1 cm³/mol. The fourth-order valence-electron chi connectivity index (χ4n) is 2.67. The van der Waals surface area contributed by atoms with Crippen molar-refractivity contribution in [2.45, 2.75) is 25.4 Å². The van der Waals surface area contributed by atoms with Gasteiger partial charge in [0.25, 0.3) is 0 Å². The van der Waals surface area contributed by atoms with Crippen molar-refractivity contribution < 1.29 is 9.53 Å². The van der Waals surface area contributed by atoms with Crippen LogP contribution < -0.4 is 5.32 Å². The number of hydrogen-bond acceptors (Lipinski definition) is 4. The molecule has 0 aromatic heterocycles. The van der Waals surface area contributed by atoms with Gasteiger partial charge in [0.2, 0.25) is 0 Å². The Morgan fingerprint density at radius 1 is 1.42 bits per heavy atom. The number of likely N-dealkylation sites (tertiary alicyclic amines) is 1. The van der Waals surface area contributed by atoms with E-state index in [2.05, 4.69) is 10.2 Å². The van der Waals surface area contributed by atoms with Crippen molar-refractivity contribution in [3.05, 3.63) is 35.4 Å². The van der Waals surface area contributed by atoms with Gasteiger partial charge in [-0.15, -0.1) is 0 Å². The molecule has 0 spiro atoms. The highest BCUT2D eigenvalue weighted by Crippen LogP contribution is 2.19. The first-order valence-corrected chi connectivity index (χ1v) is 6.80. The van der Waals surface area contributed by atoms with Gasteiger partial charge in [0.05, 0.1) is 12.7 Å². The van der Waals surface area contributed by atoms with E-state index in [0.717, 1.165) is 19.6 Å². The molecule has 0 saturated carbocycles. The summed E-state index contributed by atoms with van der Waals surface area (Å²) in [6, 6.07) is 8.33. The summed E-state index contributed by atoms with van der Waals surface area (Å²) in [5.74, 6) is -0.277. The number of esters is 1. The summed E-state index contributed by atoms with van der Waals surface area (Å²) >= 11 is 0. The first-order chi connectivity index (χ1) is 9.24. The van der Waals surface area contributed by atoms with Crippen LogP contribution in [0, 0.1) is 0 Å². The highest BCUT2D eigenvalue weighted by Gasteiger charge is 2.23. The summed E-state index contributed by atoms with van der Waals surface area (Å²) in [7, 11) is 3.41. The summed E-state index contributed by atoms with van der Waals surface area (Å²) in [4.78, 5) is 13.9. The van der Waals surface area contributed by atoms with E-state index in [1.165, 1.54) is 25.5 Å². The fraction of sp³-hybridized carbons (Fsp3) is 0.533. The van der Waals surface area contributed by atoms with E-state index in [-0.39, 0.29) is 5.97 Å². The number of nitrogens with zero attached hydrogens (tertiary/aromatic N) is 1. The molecule has 1 heterocycles. The van der Waals surface area contributed by atoms with Gasteiger partial charge in [-0.05, 0) is 44.1 Å². The minimum Gasteiger partial charge on any atom is -0.465 e. The maximum Gasteiger partial charge on any atom is 0.337 e. The van der Waals surface area contributed by atoms with Gasteiger partial charge in [-0.3, -0.25) is 4.90 Å². The zero-order valence-corrected chi connectivity index (χ0v) is 11.7. The third-order valence-electron chi connectivity index (χ3n) is 3.70. The summed E-state index contributed by atoms with van der Waals surface area (Å²) in [6.07, 6.45) is 2.54. The number of benzene rings is 1. The third-order valence-corrected chi connectivity index (χ3v) is 3.70. The summed E-state index contributed by atoms with van der Waals surface area (Å²) in [6.45, 7) is 3.15. The molecule has 4 nitrogen and oxygen atoms in total. The number of likely N-dealkylation sites (N-methyl/N-ethyl adjacent to an activating group) is 1. The van der Waals surface area contributed by atoms with Gasteiger partial charge >= 0.3 is 5.97 Å². The number of rotatable bonds is 5. The van der Waals surface area contributed by atoms with Crippen LogP contribution in [0.2, 0.25) is 0 Å². The molecule has 0 radical (unpaired) electrons. The zero-order valence-electron chi connectivity index (χ0n) is 11.7. The van der Waals surface area contributed by atoms with E-state index in [4.69, 9.17) is 4.74 Å². The molecule has 0 amide bonds. The SMILES string of the molecule is CNCC1CCCN1Cc1ccc(C(=O)OC)cc1. The van der Waals surface area contributed by atoms with Crippen LogP contribution in [0.25, 0.3) is 0 Å². The molecule has 1 aliphatic rings. The second-order valence-electron chi connectivity index (χ2n) is 5.01. The van der Waals surface area contributed by atoms with E-state index in [1.807, 2.05) is 31.3 Å². The smallest absolute Gasteiger partial charge is 0.337 e. The Hall–Kier alpha value is -1.39. The second-order valence-corrected chi connectivity index (χ2v) is 5.01. The average Bonchev–Trinajstić information content (AvgIpc) is 2.86. The molecular weight excluding hydrogens is 240 g/mol. The van der Waals surface area contributed by atoms with Crippen molar-refractivity contribution in [2.24, 2.45) is 0 Å². The summed E-state index contributed by atoms with van der Waals surface area (Å²) in [5.41, 5.74) is 1.86. The van der Waals surface area contributed by atoms with Crippen LogP contribution in [0.15, 0.2) is 24.3 Å². The maximum absolute atomic E-state index is 11.4. The van der Waals surface area contributed by atoms with Crippen molar-refractivity contribution in [3.63, 3.8) is 0 Å². The molecule has 1 fully saturated rings. The Labute approximate surface area is 114 Å². The van der Waals surface area contributed by atoms with E-state index >= 15 is 0 Å². The molecule has 4 heteroatoms. The van der Waals surface area contributed by atoms with Crippen molar-refractivity contribution in [2.75, 3.05) is 27.2 Å². The van der Waals surface area contributed by atoms with Crippen LogP contribution in [0.4, 0.5) is 0 Å². The van der Waals surface area contributed by atoms with E-state index < -0.39 is 0 Å². The van der Waals surface area contributed by atoms with Crippen LogP contribution >= 0.6 is 0 Å². The number of ether oxygens (including phenoxy) is 1. The van der Waals surface area contributed by atoms with Crippen LogP contribution in [-0.2, 0) is 11.3 Å². The highest BCUT2D eigenvalue weighted by atomic mass is 16.5. The normalized spacial score (nSPS) is 19.6. The van der Waals surface area contributed by atoms with Gasteiger partial charge in [0.1, 0.15) is 0 Å². The maximum atomic E-state index is 11.4. The monoisotopic (exact) mass is 262 g/mol. The molecule has 104 valence electrons. The van der Waals surface area contributed by atoms with Gasteiger partial charge in [0.15, 0.2) is 0 Å². The predicted octanol–water partition coefficient (Wildman–Crippen LogP) is 1.66. The van der Waals surface area contributed by atoms with Crippen molar-refractivity contribution in [1.29, 1.82) is 0 Å². The number of nitrogens with one attached hydrogen (secondary N) is 1. The first kappa shape index (κ1) is 14.0. The molecular formula is C15H22N2O2. The lowest BCUT2D eigenvalue weighted by molar-refractivity contribution is 0.0600. The van der Waals surface area contributed by atoms with Gasteiger partial charge in [-0.25, -0.2) is 4.79 Å². The Bertz CT molecular complexity index is 417. The Morgan fingerprint density at radius 2 is 2.16 bits per heavy atom. The number of carbonyl (C=O) groups excluding carboxylic acids is 1. The standard InChI is InChI=1S/C15H22N2O2/c1-16-10-14-4-3-9-17(14)11-12-5-7-13(8-6-12)15(18)19-2/h5-8,14,16H,3-4,9-11H2,1-2H3. The number of methoxy groups -OCH3 is 1. The Kier molecular flexibility index (Phi) is 4.93. The topological polar surface area (TPSA) is 41.6 Å². The van der Waals surface area contributed by atoms with E-state index in [0.29, 0.717) is 11.6 Å². The molecule has 1 unspecified atom stereocenters. The van der Waals surface area contributed by atoms with Gasteiger partial charge in [-0.2, -0.15) is 0 Å². The average molecular weight is 262 g/mol. The molecule has 1 saturated heterocycles. The van der Waals surface area contributed by atoms with E-state index in [1.54, 1.807) is 0 Å². The zero-order chi connectivity index (χ0) is 13.7. The first-order valence-electron chi connectivity index (χ1n) is 6.80. The quantitative estimate of drug-likeness (QED) is 0.819. The number of carbonyl (C=O) groups is 1. The minimum atomic E-state index is -0.277. The highest BCUT2D eigenvalue weighted by molar-refractivity contribution is 5.89. The third kappa shape index (κ3) is 3.55. The van der Waals surface area contributed by atoms with E-state index in [9.17, 15) is 4.79 Å². The van der Waals surface area contributed by atoms with Crippen LogP contribution in [0.5, 0.6) is 0 Å². The lowest BCUT2D eigenvalue weighted by Gasteiger charge is -2.24. The summed E-state index contributed by atoms with van der Waals surface area (Å²) < 4.78 is 4.70. The van der Waals surface area contributed by atoms with Crippen molar-refractivity contribution >= 4 is 5.97 Å². The molecule has 1 aromatic rings. The molecule has 19 heavy (non-hydrogen) atoms. The molecule has 1 aliphatic heterocycles. The lowest BCUT2D eigenvalue weighted by Crippen LogP contribution is -2.36. The molecule has 1 aromatic carbocycles. The van der Waals surface area contributed by atoms with Crippen molar-refractivity contribution in [3.8, 4) is 0 Å². The molecule has 1 atom stereocenters. The van der Waals surface area contributed by atoms with Crippen LogP contribution in [0.1, 0.15) is 28.8 Å². The van der Waals surface area contributed by atoms with Gasteiger partial charge < -0.3 is 10.1 Å². The molecule has 0 aliphatic carbocycles. The fourth-order valence-corrected chi connectivity index (χ4v) is 2.67. The Morgan fingerprint density at radius 3 is 2.79 bits per heavy atom. The van der Waals surface area contributed by atoms with Gasteiger partial charge in [-0.1, -0.05) is 12.1 Å². The van der Waals surface area contributed by atoms with Crippen molar-refractivity contribution in [1.82, 2.24) is 10.2 Å². The second kappa shape index (κ2) is 6.68. The minimum absolute atomic E-state index is 0.277. The molecule has 1 N–H and O–H groups in total.